The highest BCUT2D eigenvalue weighted by molar-refractivity contribution is 6.31. The van der Waals surface area contributed by atoms with E-state index in [1.165, 1.54) is 18.2 Å². The van der Waals surface area contributed by atoms with Crippen LogP contribution in [0, 0.1) is 11.2 Å². The Hall–Kier alpha value is -0.350. The summed E-state index contributed by atoms with van der Waals surface area (Å²) in [7, 11) is 0. The molecule has 2 nitrogen and oxygen atoms in total. The molecule has 0 bridgehead atoms. The first-order valence-electron chi connectivity index (χ1n) is 5.60. The molecule has 0 saturated carbocycles. The molecule has 18 heavy (non-hydrogen) atoms. The van der Waals surface area contributed by atoms with Gasteiger partial charge in [-0.05, 0) is 29.5 Å². The molecule has 104 valence electrons. The molecule has 0 aliphatic rings. The van der Waals surface area contributed by atoms with E-state index in [9.17, 15) is 9.50 Å². The summed E-state index contributed by atoms with van der Waals surface area (Å²) in [4.78, 5) is 0. The third kappa shape index (κ3) is 4.73. The summed E-state index contributed by atoms with van der Waals surface area (Å²) in [6.07, 6.45) is -0.369. The van der Waals surface area contributed by atoms with E-state index in [1.54, 1.807) is 0 Å². The second-order valence-electron chi connectivity index (χ2n) is 5.39. The Balaban J connectivity index is 0.00000289. The highest BCUT2D eigenvalue weighted by atomic mass is 35.5. The van der Waals surface area contributed by atoms with E-state index in [-0.39, 0.29) is 28.9 Å². The number of aliphatic hydroxyl groups excluding tert-OH is 1. The molecule has 0 aliphatic carbocycles. The molecule has 2 atom stereocenters. The van der Waals surface area contributed by atoms with Crippen molar-refractivity contribution in [3.63, 3.8) is 0 Å². The summed E-state index contributed by atoms with van der Waals surface area (Å²) >= 11 is 5.88. The van der Waals surface area contributed by atoms with Gasteiger partial charge < -0.3 is 10.8 Å². The van der Waals surface area contributed by atoms with E-state index in [2.05, 4.69) is 0 Å². The smallest absolute Gasteiger partial charge is 0.124 e. The van der Waals surface area contributed by atoms with Crippen LogP contribution >= 0.6 is 24.0 Å². The van der Waals surface area contributed by atoms with Crippen LogP contribution in [0.25, 0.3) is 0 Å². The van der Waals surface area contributed by atoms with E-state index in [0.29, 0.717) is 12.0 Å². The Labute approximate surface area is 119 Å². The van der Waals surface area contributed by atoms with Gasteiger partial charge in [-0.15, -0.1) is 12.4 Å². The molecule has 0 spiro atoms. The van der Waals surface area contributed by atoms with Crippen molar-refractivity contribution in [3.8, 4) is 0 Å². The minimum absolute atomic E-state index is 0. The lowest BCUT2D eigenvalue weighted by atomic mass is 9.83. The molecular formula is C13H20Cl2FNO. The molecule has 0 fully saturated rings. The van der Waals surface area contributed by atoms with Crippen molar-refractivity contribution in [1.29, 1.82) is 0 Å². The van der Waals surface area contributed by atoms with Crippen LogP contribution in [0.1, 0.15) is 38.9 Å². The lowest BCUT2D eigenvalue weighted by Gasteiger charge is -2.29. The first-order chi connectivity index (χ1) is 7.71. The zero-order chi connectivity index (χ0) is 13.2. The second kappa shape index (κ2) is 6.71. The molecule has 0 unspecified atom stereocenters. The number of hydrogen-bond acceptors (Lipinski definition) is 2. The second-order valence-corrected chi connectivity index (χ2v) is 5.80. The maximum Gasteiger partial charge on any atom is 0.124 e. The number of hydrogen-bond donors (Lipinski definition) is 2. The monoisotopic (exact) mass is 295 g/mol. The third-order valence-corrected chi connectivity index (χ3v) is 3.24. The van der Waals surface area contributed by atoms with Crippen LogP contribution in [0.4, 0.5) is 4.39 Å². The average Bonchev–Trinajstić information content (AvgIpc) is 2.15. The normalized spacial score (nSPS) is 14.8. The zero-order valence-electron chi connectivity index (χ0n) is 10.8. The fraction of sp³-hybridized carbons (Fsp3) is 0.538. The largest absolute Gasteiger partial charge is 0.388 e. The van der Waals surface area contributed by atoms with Crippen molar-refractivity contribution in [2.24, 2.45) is 11.1 Å². The first kappa shape index (κ1) is 17.6. The Bertz CT molecular complexity index is 393. The van der Waals surface area contributed by atoms with E-state index >= 15 is 0 Å². The van der Waals surface area contributed by atoms with Crippen molar-refractivity contribution >= 4 is 24.0 Å². The van der Waals surface area contributed by atoms with Gasteiger partial charge in [0.2, 0.25) is 0 Å². The number of aliphatic hydroxyl groups is 1. The van der Waals surface area contributed by atoms with Gasteiger partial charge in [-0.25, -0.2) is 4.39 Å². The lowest BCUT2D eigenvalue weighted by Crippen LogP contribution is -2.36. The van der Waals surface area contributed by atoms with Crippen molar-refractivity contribution in [2.75, 3.05) is 0 Å². The first-order valence-corrected chi connectivity index (χ1v) is 5.98. The molecule has 0 amide bonds. The number of halogens is 3. The topological polar surface area (TPSA) is 46.2 Å². The van der Waals surface area contributed by atoms with Gasteiger partial charge in [0, 0.05) is 11.1 Å². The quantitative estimate of drug-likeness (QED) is 0.893. The summed E-state index contributed by atoms with van der Waals surface area (Å²) in [5.41, 5.74) is 6.42. The van der Waals surface area contributed by atoms with Gasteiger partial charge in [0.05, 0.1) is 6.10 Å². The fourth-order valence-electron chi connectivity index (χ4n) is 1.49. The van der Waals surface area contributed by atoms with E-state index in [0.717, 1.165) is 0 Å². The van der Waals surface area contributed by atoms with Crippen LogP contribution in [0.15, 0.2) is 18.2 Å². The molecule has 0 radical (unpaired) electrons. The summed E-state index contributed by atoms with van der Waals surface area (Å²) in [6, 6.07) is 3.83. The number of rotatable bonds is 3. The van der Waals surface area contributed by atoms with Gasteiger partial charge in [-0.1, -0.05) is 38.4 Å². The van der Waals surface area contributed by atoms with E-state index < -0.39 is 11.9 Å². The fourth-order valence-corrected chi connectivity index (χ4v) is 1.79. The Morgan fingerprint density at radius 1 is 1.39 bits per heavy atom. The van der Waals surface area contributed by atoms with Crippen molar-refractivity contribution in [3.05, 3.63) is 34.6 Å². The molecule has 5 heteroatoms. The molecule has 0 aromatic heterocycles. The highest BCUT2D eigenvalue weighted by Gasteiger charge is 2.24. The average molecular weight is 296 g/mol. The summed E-state index contributed by atoms with van der Waals surface area (Å²) < 4.78 is 12.9. The van der Waals surface area contributed by atoms with Gasteiger partial charge >= 0.3 is 0 Å². The summed E-state index contributed by atoms with van der Waals surface area (Å²) in [5, 5.41) is 10.3. The van der Waals surface area contributed by atoms with Crippen LogP contribution in [0.5, 0.6) is 0 Å². The van der Waals surface area contributed by atoms with Gasteiger partial charge in [-0.3, -0.25) is 0 Å². The van der Waals surface area contributed by atoms with E-state index in [1.807, 2.05) is 20.8 Å². The van der Waals surface area contributed by atoms with E-state index in [4.69, 9.17) is 17.3 Å². The van der Waals surface area contributed by atoms with Crippen LogP contribution < -0.4 is 5.73 Å². The molecule has 3 N–H and O–H groups in total. The predicted octanol–water partition coefficient (Wildman–Crippen LogP) is 3.70. The zero-order valence-corrected chi connectivity index (χ0v) is 12.4. The van der Waals surface area contributed by atoms with Gasteiger partial charge in [0.25, 0.3) is 0 Å². The minimum Gasteiger partial charge on any atom is -0.388 e. The Morgan fingerprint density at radius 3 is 2.39 bits per heavy atom. The predicted molar refractivity (Wildman–Crippen MR) is 75.7 cm³/mol. The van der Waals surface area contributed by atoms with Gasteiger partial charge in [0.15, 0.2) is 0 Å². The molecule has 1 rings (SSSR count). The molecule has 0 heterocycles. The Kier molecular flexibility index (Phi) is 6.58. The maximum atomic E-state index is 12.9. The maximum absolute atomic E-state index is 12.9. The SMILES string of the molecule is CC(C)(C)[C@H](N)C[C@H](O)c1ccc(F)cc1Cl.Cl. The molecular weight excluding hydrogens is 276 g/mol. The summed E-state index contributed by atoms with van der Waals surface area (Å²) in [5.74, 6) is -0.411. The van der Waals surface area contributed by atoms with Crippen LogP contribution in [0.2, 0.25) is 5.02 Å². The lowest BCUT2D eigenvalue weighted by molar-refractivity contribution is 0.133. The van der Waals surface area contributed by atoms with Crippen LogP contribution in [0.3, 0.4) is 0 Å². The standard InChI is InChI=1S/C13H19ClFNO.ClH/c1-13(2,3)12(16)7-11(17)9-5-4-8(15)6-10(9)14;/h4-6,11-12,17H,7,16H2,1-3H3;1H/t11-,12+;/m0./s1. The van der Waals surface area contributed by atoms with Crippen molar-refractivity contribution in [1.82, 2.24) is 0 Å². The highest BCUT2D eigenvalue weighted by Crippen LogP contribution is 2.30. The van der Waals surface area contributed by atoms with Crippen molar-refractivity contribution < 1.29 is 9.50 Å². The Morgan fingerprint density at radius 2 is 1.94 bits per heavy atom. The molecule has 0 aliphatic heterocycles. The van der Waals surface area contributed by atoms with Gasteiger partial charge in [-0.2, -0.15) is 0 Å². The van der Waals surface area contributed by atoms with Gasteiger partial charge in [0.1, 0.15) is 5.82 Å². The van der Waals surface area contributed by atoms with Crippen molar-refractivity contribution in [2.45, 2.75) is 39.3 Å². The van der Waals surface area contributed by atoms with Crippen LogP contribution in [-0.4, -0.2) is 11.1 Å². The summed E-state index contributed by atoms with van der Waals surface area (Å²) in [6.45, 7) is 6.03. The minimum atomic E-state index is -0.766. The third-order valence-electron chi connectivity index (χ3n) is 2.91. The van der Waals surface area contributed by atoms with Crippen LogP contribution in [-0.2, 0) is 0 Å². The number of nitrogens with two attached hydrogens (primary N) is 1. The molecule has 0 saturated heterocycles. The molecule has 1 aromatic carbocycles. The molecule has 1 aromatic rings. The number of benzene rings is 1.